The molecule has 4 aromatic carbocycles. The number of pyridine rings is 2. The largest absolute Gasteiger partial charge is 0.485 e. The number of nitrogens with zero attached hydrogens (tertiary/aromatic N) is 4. The number of carboxylic acids is 2. The summed E-state index contributed by atoms with van der Waals surface area (Å²) in [5, 5.41) is 39.1. The SMILES string of the molecule is N#Cc1cncc(COc2c(OCc3cccc(-c4cccc(COc5cc(Cl)cc(C(=O)O)c5OCc5cncc(C#N)c5)c4Cl)c3Cl)cc(Cl)cc2C(=O)O)c1. The second-order valence-corrected chi connectivity index (χ2v) is 13.9. The number of ether oxygens (including phenoxy) is 4. The van der Waals surface area contributed by atoms with Gasteiger partial charge < -0.3 is 29.2 Å². The molecule has 0 saturated heterocycles. The summed E-state index contributed by atoms with van der Waals surface area (Å²) in [5.41, 5.74) is 3.31. The predicted octanol–water partition coefficient (Wildman–Crippen LogP) is 10.2. The maximum atomic E-state index is 12.2. The second-order valence-electron chi connectivity index (χ2n) is 12.3. The summed E-state index contributed by atoms with van der Waals surface area (Å²) < 4.78 is 24.0. The quantitative estimate of drug-likeness (QED) is 0.0997. The Morgan fingerprint density at radius 2 is 0.983 bits per heavy atom. The minimum absolute atomic E-state index is 0.0377. The van der Waals surface area contributed by atoms with Crippen molar-refractivity contribution in [2.24, 2.45) is 0 Å². The molecular weight excluding hydrogens is 830 g/mol. The number of halogens is 4. The van der Waals surface area contributed by atoms with Crippen molar-refractivity contribution in [3.8, 4) is 46.3 Å². The first-order valence-electron chi connectivity index (χ1n) is 16.8. The Balaban J connectivity index is 1.23. The van der Waals surface area contributed by atoms with E-state index in [1.165, 1.54) is 49.1 Å². The lowest BCUT2D eigenvalue weighted by molar-refractivity contribution is 0.0679. The molecule has 0 spiro atoms. The Kier molecular flexibility index (Phi) is 13.2. The highest BCUT2D eigenvalue weighted by Gasteiger charge is 2.22. The van der Waals surface area contributed by atoms with Crippen LogP contribution in [-0.2, 0) is 26.4 Å². The van der Waals surface area contributed by atoms with E-state index in [4.69, 9.17) is 65.4 Å². The number of benzene rings is 4. The lowest BCUT2D eigenvalue weighted by atomic mass is 10.0. The average Bonchev–Trinajstić information content (AvgIpc) is 3.21. The lowest BCUT2D eigenvalue weighted by Crippen LogP contribution is -2.07. The minimum atomic E-state index is -1.30. The van der Waals surface area contributed by atoms with E-state index in [1.807, 2.05) is 12.1 Å². The van der Waals surface area contributed by atoms with E-state index in [1.54, 1.807) is 48.5 Å². The van der Waals surface area contributed by atoms with Crippen LogP contribution < -0.4 is 18.9 Å². The van der Waals surface area contributed by atoms with Gasteiger partial charge in [0.2, 0.25) is 0 Å². The summed E-state index contributed by atoms with van der Waals surface area (Å²) in [4.78, 5) is 32.4. The summed E-state index contributed by atoms with van der Waals surface area (Å²) in [6, 6.07) is 22.9. The van der Waals surface area contributed by atoms with Crippen LogP contribution in [0.25, 0.3) is 11.1 Å². The van der Waals surface area contributed by atoms with E-state index in [2.05, 4.69) is 9.97 Å². The summed E-state index contributed by atoms with van der Waals surface area (Å²) in [5.74, 6) is -2.70. The van der Waals surface area contributed by atoms with Crippen molar-refractivity contribution >= 4 is 58.3 Å². The third kappa shape index (κ3) is 9.69. The van der Waals surface area contributed by atoms with E-state index in [0.29, 0.717) is 44.5 Å². The Morgan fingerprint density at radius 1 is 0.569 bits per heavy atom. The number of nitriles is 2. The van der Waals surface area contributed by atoms with Gasteiger partial charge in [-0.3, -0.25) is 9.97 Å². The second kappa shape index (κ2) is 18.6. The molecule has 0 aliphatic rings. The van der Waals surface area contributed by atoms with Crippen LogP contribution in [-0.4, -0.2) is 32.1 Å². The monoisotopic (exact) mass is 854 g/mol. The highest BCUT2D eigenvalue weighted by molar-refractivity contribution is 6.37. The van der Waals surface area contributed by atoms with Crippen LogP contribution in [0.5, 0.6) is 23.0 Å². The van der Waals surface area contributed by atoms with Crippen LogP contribution in [0, 0.1) is 22.7 Å². The smallest absolute Gasteiger partial charge is 0.339 e. The Labute approximate surface area is 350 Å². The first-order valence-corrected chi connectivity index (χ1v) is 18.3. The standard InChI is InChI=1S/C42H26Cl4N4O8/c43-29-9-33(41(51)52)39(57-19-25-7-23(13-47)15-49-17-25)35(11-29)55-21-27-3-1-5-31(37(27)45)32-6-2-4-28(38(32)46)22-56-36-12-30(44)10-34(42(53)54)40(36)58-20-26-8-24(14-48)16-50-18-26/h1-12,15-18H,19-22H2,(H,51,52)(H,53,54). The molecule has 0 radical (unpaired) electrons. The first-order chi connectivity index (χ1) is 27.9. The molecular formula is C42H26Cl4N4O8. The molecule has 0 bridgehead atoms. The van der Waals surface area contributed by atoms with Gasteiger partial charge in [-0.15, -0.1) is 0 Å². The van der Waals surface area contributed by atoms with E-state index in [9.17, 15) is 30.3 Å². The summed E-state index contributed by atoms with van der Waals surface area (Å²) in [6.07, 6.45) is 5.77. The van der Waals surface area contributed by atoms with Gasteiger partial charge in [0, 0.05) is 80.3 Å². The number of hydrogen-bond acceptors (Lipinski definition) is 10. The van der Waals surface area contributed by atoms with Crippen LogP contribution >= 0.6 is 46.4 Å². The van der Waals surface area contributed by atoms with Crippen molar-refractivity contribution in [2.75, 3.05) is 0 Å². The third-order valence-electron chi connectivity index (χ3n) is 8.33. The van der Waals surface area contributed by atoms with Gasteiger partial charge in [-0.1, -0.05) is 82.8 Å². The fraction of sp³-hybridized carbons (Fsp3) is 0.0952. The maximum Gasteiger partial charge on any atom is 0.339 e. The molecule has 0 aliphatic carbocycles. The number of hydrogen-bond donors (Lipinski definition) is 2. The fourth-order valence-electron chi connectivity index (χ4n) is 5.64. The van der Waals surface area contributed by atoms with Gasteiger partial charge in [-0.2, -0.15) is 10.5 Å². The number of carbonyl (C=O) groups is 2. The zero-order chi connectivity index (χ0) is 41.3. The van der Waals surface area contributed by atoms with E-state index >= 15 is 0 Å². The first kappa shape index (κ1) is 41.1. The van der Waals surface area contributed by atoms with Gasteiger partial charge in [0.15, 0.2) is 23.0 Å². The molecule has 16 heteroatoms. The minimum Gasteiger partial charge on any atom is -0.485 e. The molecule has 0 fully saturated rings. The van der Waals surface area contributed by atoms with Crippen molar-refractivity contribution in [3.05, 3.63) is 162 Å². The van der Waals surface area contributed by atoms with E-state index in [-0.39, 0.29) is 80.6 Å². The summed E-state index contributed by atoms with van der Waals surface area (Å²) >= 11 is 26.5. The van der Waals surface area contributed by atoms with Gasteiger partial charge in [0.25, 0.3) is 0 Å². The zero-order valence-electron chi connectivity index (χ0n) is 29.7. The molecule has 58 heavy (non-hydrogen) atoms. The van der Waals surface area contributed by atoms with Crippen molar-refractivity contribution in [3.63, 3.8) is 0 Å². The number of carboxylic acid groups (broad SMARTS) is 2. The molecule has 0 unspecified atom stereocenters. The van der Waals surface area contributed by atoms with Gasteiger partial charge >= 0.3 is 11.9 Å². The maximum absolute atomic E-state index is 12.2. The van der Waals surface area contributed by atoms with Crippen molar-refractivity contribution < 1.29 is 38.7 Å². The Hall–Kier alpha value is -6.54. The zero-order valence-corrected chi connectivity index (χ0v) is 32.7. The molecule has 2 N–H and O–H groups in total. The topological polar surface area (TPSA) is 185 Å². The number of rotatable bonds is 15. The molecule has 12 nitrogen and oxygen atoms in total. The van der Waals surface area contributed by atoms with Crippen LogP contribution in [0.4, 0.5) is 0 Å². The normalized spacial score (nSPS) is 10.6. The predicted molar refractivity (Wildman–Crippen MR) is 214 cm³/mol. The van der Waals surface area contributed by atoms with E-state index < -0.39 is 11.9 Å². The van der Waals surface area contributed by atoms with Crippen molar-refractivity contribution in [2.45, 2.75) is 26.4 Å². The molecule has 2 aromatic heterocycles. The molecule has 2 heterocycles. The molecule has 0 atom stereocenters. The molecule has 6 rings (SSSR count). The highest BCUT2D eigenvalue weighted by atomic mass is 35.5. The highest BCUT2D eigenvalue weighted by Crippen LogP contribution is 2.41. The molecule has 0 saturated carbocycles. The van der Waals surface area contributed by atoms with E-state index in [0.717, 1.165) is 0 Å². The number of aromatic nitrogens is 2. The van der Waals surface area contributed by atoms with Crippen LogP contribution in [0.2, 0.25) is 20.1 Å². The van der Waals surface area contributed by atoms with Crippen LogP contribution in [0.1, 0.15) is 54.1 Å². The molecule has 6 aromatic rings. The fourth-order valence-corrected chi connectivity index (χ4v) is 6.62. The summed E-state index contributed by atoms with van der Waals surface area (Å²) in [7, 11) is 0. The van der Waals surface area contributed by atoms with Gasteiger partial charge in [-0.25, -0.2) is 9.59 Å². The van der Waals surface area contributed by atoms with Gasteiger partial charge in [-0.05, 0) is 24.3 Å². The van der Waals surface area contributed by atoms with Crippen LogP contribution in [0.15, 0.2) is 97.6 Å². The Bertz CT molecular complexity index is 2460. The summed E-state index contributed by atoms with van der Waals surface area (Å²) in [6.45, 7) is -0.488. The van der Waals surface area contributed by atoms with Crippen LogP contribution in [0.3, 0.4) is 0 Å². The average molecular weight is 857 g/mol. The van der Waals surface area contributed by atoms with Gasteiger partial charge in [0.1, 0.15) is 49.7 Å². The Morgan fingerprint density at radius 3 is 1.36 bits per heavy atom. The lowest BCUT2D eigenvalue weighted by Gasteiger charge is -2.18. The molecule has 290 valence electrons. The van der Waals surface area contributed by atoms with Crippen molar-refractivity contribution in [1.82, 2.24) is 9.97 Å². The van der Waals surface area contributed by atoms with Crippen molar-refractivity contribution in [1.29, 1.82) is 10.5 Å². The third-order valence-corrected chi connectivity index (χ3v) is 9.66. The molecule has 0 aliphatic heterocycles. The molecule has 0 amide bonds. The van der Waals surface area contributed by atoms with Gasteiger partial charge in [0.05, 0.1) is 21.2 Å². The number of aromatic carboxylic acids is 2.